The normalized spacial score (nSPS) is 24.8. The summed E-state index contributed by atoms with van der Waals surface area (Å²) in [4.78, 5) is 17.0. The maximum Gasteiger partial charge on any atom is 0.161 e. The number of carbonyl (C=O) groups excluding carboxylic acids is 1. The van der Waals surface area contributed by atoms with Gasteiger partial charge >= 0.3 is 0 Å². The molecule has 0 amide bonds. The second-order valence-corrected chi connectivity index (χ2v) is 4.02. The van der Waals surface area contributed by atoms with Gasteiger partial charge in [-0.1, -0.05) is 0 Å². The number of nitrogens with zero attached hydrogens (tertiary/aromatic N) is 2. The molecule has 86 valence electrons. The van der Waals surface area contributed by atoms with E-state index in [1.54, 1.807) is 17.0 Å². The van der Waals surface area contributed by atoms with Crippen molar-refractivity contribution in [3.8, 4) is 0 Å². The number of carbonyl (C=O) groups is 1. The Morgan fingerprint density at radius 2 is 2.38 bits per heavy atom. The summed E-state index contributed by atoms with van der Waals surface area (Å²) in [6.07, 6.45) is 1.58. The van der Waals surface area contributed by atoms with E-state index in [1.807, 2.05) is 0 Å². The Morgan fingerprint density at radius 1 is 1.62 bits per heavy atom. The molecule has 0 aliphatic carbocycles. The molecule has 1 aromatic rings. The van der Waals surface area contributed by atoms with Crippen LogP contribution in [-0.4, -0.2) is 34.7 Å². The van der Waals surface area contributed by atoms with Crippen LogP contribution in [0.2, 0.25) is 0 Å². The number of Topliss-reactive ketones (excluding diaryl/α,β-unsaturated/α-hetero) is 1. The van der Waals surface area contributed by atoms with Crippen LogP contribution in [0.5, 0.6) is 0 Å². The third kappa shape index (κ3) is 1.91. The molecular weight excluding hydrogens is 206 g/mol. The van der Waals surface area contributed by atoms with Gasteiger partial charge in [-0.25, -0.2) is 4.98 Å². The molecule has 1 unspecified atom stereocenters. The van der Waals surface area contributed by atoms with Crippen molar-refractivity contribution in [3.05, 3.63) is 23.9 Å². The molecular formula is C11H15N3O2. The predicted molar refractivity (Wildman–Crippen MR) is 60.2 cm³/mol. The molecule has 5 nitrogen and oxygen atoms in total. The zero-order valence-corrected chi connectivity index (χ0v) is 9.13. The highest BCUT2D eigenvalue weighted by Gasteiger charge is 2.30. The van der Waals surface area contributed by atoms with Gasteiger partial charge in [-0.15, -0.1) is 0 Å². The highest BCUT2D eigenvalue weighted by atomic mass is 16.3. The first kappa shape index (κ1) is 11.0. The fourth-order valence-corrected chi connectivity index (χ4v) is 1.81. The summed E-state index contributed by atoms with van der Waals surface area (Å²) in [5, 5.41) is 9.78. The number of rotatable bonds is 2. The smallest absolute Gasteiger partial charge is 0.161 e. The van der Waals surface area contributed by atoms with Crippen molar-refractivity contribution < 1.29 is 9.90 Å². The molecule has 0 radical (unpaired) electrons. The third-order valence-electron chi connectivity index (χ3n) is 2.85. The largest absolute Gasteiger partial charge is 0.372 e. The summed E-state index contributed by atoms with van der Waals surface area (Å²) in [7, 11) is 0. The van der Waals surface area contributed by atoms with Crippen molar-refractivity contribution >= 4 is 11.6 Å². The maximum absolute atomic E-state index is 11.1. The van der Waals surface area contributed by atoms with E-state index in [0.29, 0.717) is 17.9 Å². The molecule has 1 aliphatic rings. The zero-order chi connectivity index (χ0) is 11.7. The summed E-state index contributed by atoms with van der Waals surface area (Å²) in [5.41, 5.74) is 6.28. The number of aliphatic hydroxyl groups excluding tert-OH is 1. The molecule has 1 saturated heterocycles. The number of aromatic nitrogens is 1. The van der Waals surface area contributed by atoms with Gasteiger partial charge < -0.3 is 15.7 Å². The standard InChI is InChI=1S/C11H15N3O2/c1-7(15)8-2-3-10(13-6-8)14-5-4-9(12)11(14)16/h2-3,6,9,11,16H,4-5,12H2,1H3/t9-,11?/m0/s1. The fraction of sp³-hybridized carbons (Fsp3) is 0.455. The second kappa shape index (κ2) is 4.19. The van der Waals surface area contributed by atoms with Crippen molar-refractivity contribution in [2.45, 2.75) is 25.6 Å². The molecule has 2 heterocycles. The van der Waals surface area contributed by atoms with Gasteiger partial charge in [-0.2, -0.15) is 0 Å². The van der Waals surface area contributed by atoms with E-state index in [0.717, 1.165) is 6.42 Å². The lowest BCUT2D eigenvalue weighted by molar-refractivity contribution is 0.101. The molecule has 5 heteroatoms. The number of aliphatic hydroxyl groups is 1. The number of hydrogen-bond acceptors (Lipinski definition) is 5. The summed E-state index contributed by atoms with van der Waals surface area (Å²) in [6, 6.07) is 3.22. The molecule has 1 fully saturated rings. The van der Waals surface area contributed by atoms with Crippen molar-refractivity contribution in [3.63, 3.8) is 0 Å². The van der Waals surface area contributed by atoms with Gasteiger partial charge in [0, 0.05) is 18.3 Å². The van der Waals surface area contributed by atoms with Crippen LogP contribution in [-0.2, 0) is 0 Å². The van der Waals surface area contributed by atoms with Gasteiger partial charge in [-0.3, -0.25) is 4.79 Å². The van der Waals surface area contributed by atoms with Gasteiger partial charge in [0.2, 0.25) is 0 Å². The van der Waals surface area contributed by atoms with E-state index in [-0.39, 0.29) is 11.8 Å². The lowest BCUT2D eigenvalue weighted by Crippen LogP contribution is -2.39. The zero-order valence-electron chi connectivity index (χ0n) is 9.13. The Kier molecular flexibility index (Phi) is 2.89. The highest BCUT2D eigenvalue weighted by Crippen LogP contribution is 2.21. The monoisotopic (exact) mass is 221 g/mol. The first-order valence-corrected chi connectivity index (χ1v) is 5.27. The number of ketones is 1. The van der Waals surface area contributed by atoms with E-state index in [4.69, 9.17) is 5.73 Å². The third-order valence-corrected chi connectivity index (χ3v) is 2.85. The van der Waals surface area contributed by atoms with Crippen molar-refractivity contribution in [2.75, 3.05) is 11.4 Å². The molecule has 0 saturated carbocycles. The topological polar surface area (TPSA) is 79.5 Å². The van der Waals surface area contributed by atoms with Crippen LogP contribution in [0.15, 0.2) is 18.3 Å². The van der Waals surface area contributed by atoms with Crippen molar-refractivity contribution in [1.82, 2.24) is 4.98 Å². The van der Waals surface area contributed by atoms with E-state index in [9.17, 15) is 9.90 Å². The van der Waals surface area contributed by atoms with Crippen LogP contribution < -0.4 is 10.6 Å². The molecule has 1 aromatic heterocycles. The molecule has 2 atom stereocenters. The van der Waals surface area contributed by atoms with Gasteiger partial charge in [0.1, 0.15) is 12.0 Å². The van der Waals surface area contributed by atoms with Gasteiger partial charge in [-0.05, 0) is 25.5 Å². The van der Waals surface area contributed by atoms with Gasteiger partial charge in [0.25, 0.3) is 0 Å². The lowest BCUT2D eigenvalue weighted by Gasteiger charge is -2.22. The number of nitrogens with two attached hydrogens (primary N) is 1. The van der Waals surface area contributed by atoms with E-state index >= 15 is 0 Å². The number of anilines is 1. The average molecular weight is 221 g/mol. The van der Waals surface area contributed by atoms with Crippen LogP contribution in [0.3, 0.4) is 0 Å². The quantitative estimate of drug-likeness (QED) is 0.694. The summed E-state index contributed by atoms with van der Waals surface area (Å²) >= 11 is 0. The SMILES string of the molecule is CC(=O)c1ccc(N2CC[C@H](N)C2O)nc1. The van der Waals surface area contributed by atoms with Gasteiger partial charge in [0.05, 0.1) is 6.04 Å². The molecule has 16 heavy (non-hydrogen) atoms. The minimum Gasteiger partial charge on any atom is -0.372 e. The fourth-order valence-electron chi connectivity index (χ4n) is 1.81. The first-order valence-electron chi connectivity index (χ1n) is 5.27. The van der Waals surface area contributed by atoms with Crippen LogP contribution in [0.4, 0.5) is 5.82 Å². The Hall–Kier alpha value is -1.46. The Bertz CT molecular complexity index is 391. The molecule has 3 N–H and O–H groups in total. The van der Waals surface area contributed by atoms with E-state index in [1.165, 1.54) is 13.1 Å². The van der Waals surface area contributed by atoms with Gasteiger partial charge in [0.15, 0.2) is 5.78 Å². The molecule has 0 spiro atoms. The highest BCUT2D eigenvalue weighted by molar-refractivity contribution is 5.93. The molecule has 0 aromatic carbocycles. The van der Waals surface area contributed by atoms with Crippen LogP contribution in [0.25, 0.3) is 0 Å². The summed E-state index contributed by atoms with van der Waals surface area (Å²) in [6.45, 7) is 2.19. The predicted octanol–water partition coefficient (Wildman–Crippen LogP) is 0.140. The van der Waals surface area contributed by atoms with Crippen molar-refractivity contribution in [1.29, 1.82) is 0 Å². The lowest BCUT2D eigenvalue weighted by atomic mass is 10.2. The Balaban J connectivity index is 2.19. The number of hydrogen-bond donors (Lipinski definition) is 2. The van der Waals surface area contributed by atoms with Crippen LogP contribution >= 0.6 is 0 Å². The van der Waals surface area contributed by atoms with E-state index in [2.05, 4.69) is 4.98 Å². The molecule has 1 aliphatic heterocycles. The Labute approximate surface area is 93.9 Å². The molecule has 2 rings (SSSR count). The maximum atomic E-state index is 11.1. The minimum absolute atomic E-state index is 0.0160. The molecule has 0 bridgehead atoms. The summed E-state index contributed by atoms with van der Waals surface area (Å²) < 4.78 is 0. The average Bonchev–Trinajstić information content (AvgIpc) is 2.60. The summed E-state index contributed by atoms with van der Waals surface area (Å²) in [5.74, 6) is 0.642. The first-order chi connectivity index (χ1) is 7.59. The number of pyridine rings is 1. The Morgan fingerprint density at radius 3 is 2.81 bits per heavy atom. The van der Waals surface area contributed by atoms with Crippen LogP contribution in [0, 0.1) is 0 Å². The van der Waals surface area contributed by atoms with E-state index < -0.39 is 6.23 Å². The van der Waals surface area contributed by atoms with Crippen molar-refractivity contribution in [2.24, 2.45) is 5.73 Å². The second-order valence-electron chi connectivity index (χ2n) is 4.02. The van der Waals surface area contributed by atoms with Crippen LogP contribution in [0.1, 0.15) is 23.7 Å². The minimum atomic E-state index is -0.685.